The van der Waals surface area contributed by atoms with Gasteiger partial charge in [0.25, 0.3) is 0 Å². The molecule has 1 aliphatic carbocycles. The largest absolute Gasteiger partial charge is 0.311 e. The van der Waals surface area contributed by atoms with Crippen molar-refractivity contribution < 1.29 is 0 Å². The molecule has 1 fully saturated rings. The molecule has 1 aliphatic rings. The van der Waals surface area contributed by atoms with Crippen LogP contribution in [0.25, 0.3) is 0 Å². The van der Waals surface area contributed by atoms with E-state index in [1.54, 1.807) is 0 Å². The molecule has 0 amide bonds. The first-order valence-electron chi connectivity index (χ1n) is 9.00. The average molecular weight is 291 g/mol. The molecule has 0 aliphatic heterocycles. The molecule has 21 heavy (non-hydrogen) atoms. The van der Waals surface area contributed by atoms with Crippen LogP contribution in [0.2, 0.25) is 0 Å². The lowest BCUT2D eigenvalue weighted by molar-refractivity contribution is 0.460. The van der Waals surface area contributed by atoms with Gasteiger partial charge >= 0.3 is 0 Å². The zero-order chi connectivity index (χ0) is 14.9. The van der Waals surface area contributed by atoms with Crippen molar-refractivity contribution >= 4 is 0 Å². The summed E-state index contributed by atoms with van der Waals surface area (Å²) in [6, 6.07) is 2.84. The van der Waals surface area contributed by atoms with Gasteiger partial charge in [0.2, 0.25) is 0 Å². The highest BCUT2D eigenvalue weighted by Crippen LogP contribution is 2.28. The molecule has 3 nitrogen and oxygen atoms in total. The molecule has 0 atom stereocenters. The molecule has 0 saturated heterocycles. The van der Waals surface area contributed by atoms with E-state index in [4.69, 9.17) is 5.10 Å². The summed E-state index contributed by atoms with van der Waals surface area (Å²) < 4.78 is 2.19. The summed E-state index contributed by atoms with van der Waals surface area (Å²) in [4.78, 5) is 0. The van der Waals surface area contributed by atoms with Crippen LogP contribution in [0.1, 0.15) is 83.4 Å². The minimum absolute atomic E-state index is 0.666. The zero-order valence-electron chi connectivity index (χ0n) is 14.0. The van der Waals surface area contributed by atoms with E-state index in [0.29, 0.717) is 6.04 Å². The van der Waals surface area contributed by atoms with Gasteiger partial charge in [0.05, 0.1) is 11.7 Å². The number of rotatable bonds is 10. The summed E-state index contributed by atoms with van der Waals surface area (Å²) in [6.07, 6.45) is 14.3. The number of nitrogens with zero attached hydrogens (tertiary/aromatic N) is 2. The highest BCUT2D eigenvalue weighted by molar-refractivity contribution is 4.99. The number of hydrogen-bond acceptors (Lipinski definition) is 2. The van der Waals surface area contributed by atoms with E-state index in [9.17, 15) is 0 Å². The third-order valence-corrected chi connectivity index (χ3v) is 4.55. The van der Waals surface area contributed by atoms with Crippen molar-refractivity contribution in [2.75, 3.05) is 6.54 Å². The quantitative estimate of drug-likeness (QED) is 0.634. The monoisotopic (exact) mass is 291 g/mol. The molecular formula is C18H33N3. The Labute approximate surface area is 130 Å². The normalized spacial score (nSPS) is 16.1. The maximum Gasteiger partial charge on any atom is 0.0762 e. The van der Waals surface area contributed by atoms with E-state index in [0.717, 1.165) is 19.0 Å². The fourth-order valence-electron chi connectivity index (χ4n) is 3.22. The summed E-state index contributed by atoms with van der Waals surface area (Å²) >= 11 is 0. The molecule has 0 radical (unpaired) electrons. The highest BCUT2D eigenvalue weighted by Gasteiger charge is 2.17. The Morgan fingerprint density at radius 3 is 2.71 bits per heavy atom. The van der Waals surface area contributed by atoms with Crippen LogP contribution in [0.4, 0.5) is 0 Å². The van der Waals surface area contributed by atoms with Gasteiger partial charge in [-0.1, -0.05) is 52.4 Å². The van der Waals surface area contributed by atoms with Gasteiger partial charge in [-0.25, -0.2) is 0 Å². The predicted octanol–water partition coefficient (Wildman–Crippen LogP) is 4.69. The third-order valence-electron chi connectivity index (χ3n) is 4.55. The van der Waals surface area contributed by atoms with Crippen molar-refractivity contribution in [2.45, 2.75) is 84.2 Å². The van der Waals surface area contributed by atoms with Gasteiger partial charge in [0.15, 0.2) is 0 Å². The molecule has 1 aromatic heterocycles. The molecule has 2 rings (SSSR count). The Balaban J connectivity index is 1.51. The summed E-state index contributed by atoms with van der Waals surface area (Å²) in [5.41, 5.74) is 1.20. The van der Waals surface area contributed by atoms with E-state index >= 15 is 0 Å². The summed E-state index contributed by atoms with van der Waals surface area (Å²) in [5.74, 6) is 0.859. The molecule has 0 spiro atoms. The topological polar surface area (TPSA) is 29.9 Å². The zero-order valence-corrected chi connectivity index (χ0v) is 14.0. The Kier molecular flexibility index (Phi) is 7.28. The standard InChI is InChI=1S/C18H33N3/c1-16(2)9-5-3-4-8-13-19-15-17-12-14-21(20-17)18-10-6-7-11-18/h12,14,16,18-19H,3-11,13,15H2,1-2H3. The van der Waals surface area contributed by atoms with E-state index < -0.39 is 0 Å². The first kappa shape index (κ1) is 16.5. The van der Waals surface area contributed by atoms with Crippen LogP contribution in [0.15, 0.2) is 12.3 Å². The Morgan fingerprint density at radius 1 is 1.19 bits per heavy atom. The van der Waals surface area contributed by atoms with Crippen LogP contribution < -0.4 is 5.32 Å². The van der Waals surface area contributed by atoms with Crippen molar-refractivity contribution in [1.82, 2.24) is 15.1 Å². The summed E-state index contributed by atoms with van der Waals surface area (Å²) in [7, 11) is 0. The first-order chi connectivity index (χ1) is 10.3. The van der Waals surface area contributed by atoms with E-state index in [2.05, 4.69) is 36.1 Å². The Hall–Kier alpha value is -0.830. The van der Waals surface area contributed by atoms with Crippen molar-refractivity contribution in [3.05, 3.63) is 18.0 Å². The fraction of sp³-hybridized carbons (Fsp3) is 0.833. The first-order valence-corrected chi connectivity index (χ1v) is 9.00. The van der Waals surface area contributed by atoms with Crippen molar-refractivity contribution in [2.24, 2.45) is 5.92 Å². The second-order valence-corrected chi connectivity index (χ2v) is 7.00. The average Bonchev–Trinajstić information content (AvgIpc) is 3.11. The second kappa shape index (κ2) is 9.24. The van der Waals surface area contributed by atoms with E-state index in [-0.39, 0.29) is 0 Å². The van der Waals surface area contributed by atoms with Crippen LogP contribution in [0, 0.1) is 5.92 Å². The lowest BCUT2D eigenvalue weighted by Gasteiger charge is -2.09. The van der Waals surface area contributed by atoms with Gasteiger partial charge in [0.1, 0.15) is 0 Å². The van der Waals surface area contributed by atoms with Crippen molar-refractivity contribution in [1.29, 1.82) is 0 Å². The van der Waals surface area contributed by atoms with Crippen LogP contribution >= 0.6 is 0 Å². The van der Waals surface area contributed by atoms with E-state index in [1.165, 1.54) is 63.5 Å². The SMILES string of the molecule is CC(C)CCCCCCNCc1ccn(C2CCCC2)n1. The van der Waals surface area contributed by atoms with Crippen LogP contribution in [-0.4, -0.2) is 16.3 Å². The Morgan fingerprint density at radius 2 is 1.95 bits per heavy atom. The van der Waals surface area contributed by atoms with Crippen LogP contribution in [-0.2, 0) is 6.54 Å². The summed E-state index contributed by atoms with van der Waals surface area (Å²) in [5, 5.41) is 8.24. The van der Waals surface area contributed by atoms with Crippen molar-refractivity contribution in [3.63, 3.8) is 0 Å². The third kappa shape index (κ3) is 6.21. The van der Waals surface area contributed by atoms with Gasteiger partial charge in [0, 0.05) is 12.7 Å². The molecule has 1 heterocycles. The van der Waals surface area contributed by atoms with Gasteiger partial charge in [-0.3, -0.25) is 4.68 Å². The smallest absolute Gasteiger partial charge is 0.0762 e. The molecule has 1 saturated carbocycles. The summed E-state index contributed by atoms with van der Waals surface area (Å²) in [6.45, 7) is 6.67. The molecule has 1 aromatic rings. The fourth-order valence-corrected chi connectivity index (χ4v) is 3.22. The molecular weight excluding hydrogens is 258 g/mol. The molecule has 1 N–H and O–H groups in total. The van der Waals surface area contributed by atoms with Gasteiger partial charge in [-0.05, 0) is 37.8 Å². The Bertz CT molecular complexity index is 378. The molecule has 120 valence electrons. The van der Waals surface area contributed by atoms with Crippen molar-refractivity contribution in [3.8, 4) is 0 Å². The van der Waals surface area contributed by atoms with Crippen LogP contribution in [0.5, 0.6) is 0 Å². The molecule has 3 heteroatoms. The minimum Gasteiger partial charge on any atom is -0.311 e. The molecule has 0 bridgehead atoms. The minimum atomic E-state index is 0.666. The van der Waals surface area contributed by atoms with Gasteiger partial charge < -0.3 is 5.32 Å². The van der Waals surface area contributed by atoms with Gasteiger partial charge in [-0.2, -0.15) is 5.10 Å². The number of nitrogens with one attached hydrogen (secondary N) is 1. The second-order valence-electron chi connectivity index (χ2n) is 7.00. The number of aromatic nitrogens is 2. The maximum atomic E-state index is 4.71. The predicted molar refractivity (Wildman–Crippen MR) is 89.4 cm³/mol. The number of hydrogen-bond donors (Lipinski definition) is 1. The van der Waals surface area contributed by atoms with Gasteiger partial charge in [-0.15, -0.1) is 0 Å². The highest BCUT2D eigenvalue weighted by atomic mass is 15.3. The molecule has 0 unspecified atom stereocenters. The molecule has 0 aromatic carbocycles. The van der Waals surface area contributed by atoms with E-state index in [1.807, 2.05) is 0 Å². The maximum absolute atomic E-state index is 4.71. The lowest BCUT2D eigenvalue weighted by Crippen LogP contribution is -2.15. The lowest BCUT2D eigenvalue weighted by atomic mass is 10.0. The van der Waals surface area contributed by atoms with Crippen LogP contribution in [0.3, 0.4) is 0 Å². The number of unbranched alkanes of at least 4 members (excludes halogenated alkanes) is 3.